The minimum atomic E-state index is -4.22. The summed E-state index contributed by atoms with van der Waals surface area (Å²) in [5, 5.41) is 10.2. The highest BCUT2D eigenvalue weighted by Crippen LogP contribution is 2.29. The third-order valence-electron chi connectivity index (χ3n) is 7.61. The van der Waals surface area contributed by atoms with Crippen molar-refractivity contribution in [2.24, 2.45) is 10.7 Å². The zero-order chi connectivity index (χ0) is 31.5. The van der Waals surface area contributed by atoms with Crippen LogP contribution < -0.4 is 16.0 Å². The number of sulfonamides is 1. The predicted octanol–water partition coefficient (Wildman–Crippen LogP) is 3.25. The zero-order valence-electron chi connectivity index (χ0n) is 24.6. The summed E-state index contributed by atoms with van der Waals surface area (Å²) in [6, 6.07) is 7.08. The maximum atomic E-state index is 13.4. The molecule has 5 N–H and O–H groups in total. The monoisotopic (exact) mass is 602 g/mol. The summed E-state index contributed by atoms with van der Waals surface area (Å²) in [7, 11) is -4.22. The van der Waals surface area contributed by atoms with Gasteiger partial charge in [0.25, 0.3) is 5.56 Å². The number of benzene rings is 2. The lowest BCUT2D eigenvalue weighted by Crippen LogP contribution is -2.43. The van der Waals surface area contributed by atoms with E-state index in [-0.39, 0.29) is 17.1 Å². The summed E-state index contributed by atoms with van der Waals surface area (Å²) in [4.78, 5) is 40.5. The molecule has 0 amide bonds. The molecule has 2 aromatic heterocycles. The number of aromatic amines is 1. The summed E-state index contributed by atoms with van der Waals surface area (Å²) in [5.41, 5.74) is 11.1. The molecule has 0 aliphatic carbocycles. The summed E-state index contributed by atoms with van der Waals surface area (Å²) < 4.78 is 29.2. The average molecular weight is 603 g/mol. The largest absolute Gasteiger partial charge is 0.480 e. The van der Waals surface area contributed by atoms with E-state index in [1.165, 1.54) is 0 Å². The van der Waals surface area contributed by atoms with Gasteiger partial charge in [0.15, 0.2) is 0 Å². The quantitative estimate of drug-likeness (QED) is 0.158. The van der Waals surface area contributed by atoms with Gasteiger partial charge in [0.2, 0.25) is 10.0 Å². The van der Waals surface area contributed by atoms with E-state index in [0.29, 0.717) is 34.4 Å². The molecular formula is C31H34N6O5S. The van der Waals surface area contributed by atoms with Crippen LogP contribution in [-0.4, -0.2) is 52.9 Å². The van der Waals surface area contributed by atoms with Gasteiger partial charge >= 0.3 is 5.97 Å². The molecule has 0 radical (unpaired) electrons. The first-order valence-corrected chi connectivity index (χ1v) is 15.0. The van der Waals surface area contributed by atoms with Crippen LogP contribution in [-0.2, 0) is 21.2 Å². The van der Waals surface area contributed by atoms with Crippen LogP contribution >= 0.6 is 0 Å². The second-order valence-electron chi connectivity index (χ2n) is 10.3. The lowest BCUT2D eigenvalue weighted by molar-refractivity contribution is -0.139. The Balaban J connectivity index is 1.54. The Hall–Kier alpha value is -4.68. The highest BCUT2D eigenvalue weighted by Gasteiger charge is 2.30. The number of carboxylic acid groups (broad SMARTS) is 1. The fraction of sp³-hybridized carbons (Fsp3) is 0.258. The zero-order valence-corrected chi connectivity index (χ0v) is 25.4. The third kappa shape index (κ3) is 6.87. The number of hydrogen-bond acceptors (Lipinski definition) is 7. The van der Waals surface area contributed by atoms with Crippen LogP contribution in [0.4, 0.5) is 0 Å². The molecule has 0 bridgehead atoms. The van der Waals surface area contributed by atoms with Gasteiger partial charge in [0.1, 0.15) is 17.7 Å². The molecule has 0 saturated carbocycles. The summed E-state index contributed by atoms with van der Waals surface area (Å²) in [6.45, 7) is 9.32. The van der Waals surface area contributed by atoms with E-state index >= 15 is 0 Å². The van der Waals surface area contributed by atoms with Crippen LogP contribution in [0, 0.1) is 34.6 Å². The second-order valence-corrected chi connectivity index (χ2v) is 12.0. The Kier molecular flexibility index (Phi) is 9.22. The maximum absolute atomic E-state index is 13.4. The number of carbonyl (C=O) groups is 1. The van der Waals surface area contributed by atoms with Gasteiger partial charge in [-0.15, -0.1) is 0 Å². The topological polar surface area (TPSA) is 180 Å². The second kappa shape index (κ2) is 12.7. The van der Waals surface area contributed by atoms with Crippen molar-refractivity contribution in [3.8, 4) is 0 Å². The molecule has 2 aromatic carbocycles. The van der Waals surface area contributed by atoms with E-state index in [4.69, 9.17) is 5.73 Å². The predicted molar refractivity (Wildman–Crippen MR) is 167 cm³/mol. The molecule has 224 valence electrons. The highest BCUT2D eigenvalue weighted by molar-refractivity contribution is 7.89. The molecule has 0 aliphatic rings. The van der Waals surface area contributed by atoms with Crippen LogP contribution in [0.25, 0.3) is 17.0 Å². The van der Waals surface area contributed by atoms with Crippen LogP contribution in [0.5, 0.6) is 0 Å². The number of aliphatic imine (C=N–C) groups is 1. The smallest absolute Gasteiger partial charge is 0.322 e. The molecule has 4 rings (SSSR count). The molecule has 0 saturated heterocycles. The first-order chi connectivity index (χ1) is 20.3. The molecule has 0 unspecified atom stereocenters. The summed E-state index contributed by atoms with van der Waals surface area (Å²) in [5.74, 6) is -0.990. The van der Waals surface area contributed by atoms with Gasteiger partial charge < -0.3 is 15.8 Å². The van der Waals surface area contributed by atoms with Crippen LogP contribution in [0.2, 0.25) is 0 Å². The number of pyridine rings is 1. The molecular weight excluding hydrogens is 568 g/mol. The van der Waals surface area contributed by atoms with Gasteiger partial charge in [-0.2, -0.15) is 4.72 Å². The fourth-order valence-electron chi connectivity index (χ4n) is 4.84. The summed E-state index contributed by atoms with van der Waals surface area (Å²) >= 11 is 0. The van der Waals surface area contributed by atoms with Crippen molar-refractivity contribution in [1.82, 2.24) is 19.7 Å². The Morgan fingerprint density at radius 3 is 2.40 bits per heavy atom. The maximum Gasteiger partial charge on any atom is 0.322 e. The van der Waals surface area contributed by atoms with Gasteiger partial charge in [0.05, 0.1) is 22.3 Å². The number of fused-ring (bicyclic) bond motifs is 1. The number of amidine groups is 1. The molecule has 43 heavy (non-hydrogen) atoms. The average Bonchev–Trinajstić information content (AvgIpc) is 2.97. The fourth-order valence-corrected chi connectivity index (χ4v) is 6.63. The lowest BCUT2D eigenvalue weighted by atomic mass is 9.95. The Labute approximate surface area is 249 Å². The Bertz CT molecular complexity index is 1900. The normalized spacial score (nSPS) is 13.1. The number of nitrogens with one attached hydrogen (secondary N) is 2. The van der Waals surface area contributed by atoms with E-state index in [0.717, 1.165) is 27.8 Å². The summed E-state index contributed by atoms with van der Waals surface area (Å²) in [6.07, 6.45) is 6.50. The Morgan fingerprint density at radius 2 is 1.77 bits per heavy atom. The molecule has 1 atom stereocenters. The van der Waals surface area contributed by atoms with Gasteiger partial charge in [-0.05, 0) is 92.3 Å². The number of aromatic nitrogens is 3. The van der Waals surface area contributed by atoms with Gasteiger partial charge in [-0.1, -0.05) is 18.2 Å². The van der Waals surface area contributed by atoms with E-state index in [1.807, 2.05) is 26.8 Å². The van der Waals surface area contributed by atoms with Crippen LogP contribution in [0.1, 0.15) is 44.8 Å². The van der Waals surface area contributed by atoms with E-state index in [9.17, 15) is 23.1 Å². The molecule has 0 spiro atoms. The van der Waals surface area contributed by atoms with Crippen molar-refractivity contribution in [3.05, 3.63) is 104 Å². The minimum Gasteiger partial charge on any atom is -0.480 e. The number of carboxylic acids is 1. The minimum absolute atomic E-state index is 0.0424. The number of nitrogens with two attached hydrogens (primary N) is 1. The first kappa shape index (κ1) is 31.3. The SMILES string of the molecule is Cc1c(C)c(C)c(S(=O)(=O)N[C@@H](Cc2nc3ccc(/C=C/CN=C(N)c4cccnc4)cc3c(=O)[nH]2)C(=O)O)c(C)c1C. The number of rotatable bonds is 10. The van der Waals surface area contributed by atoms with Gasteiger partial charge in [0, 0.05) is 24.4 Å². The van der Waals surface area contributed by atoms with Gasteiger partial charge in [-0.25, -0.2) is 13.4 Å². The van der Waals surface area contributed by atoms with Gasteiger partial charge in [-0.3, -0.25) is 19.6 Å². The highest BCUT2D eigenvalue weighted by atomic mass is 32.2. The standard InChI is InChI=1S/C31H34N6O5S/c1-17-18(2)20(4)28(21(5)19(17)3)43(41,42)37-26(31(39)40)15-27-35-25-11-10-22(14-24(25)30(38)36-27)8-6-13-34-29(32)23-9-7-12-33-16-23/h6-12,14,16,26,37H,13,15H2,1-5H3,(H2,32,34)(H,39,40)(H,35,36,38)/b8-6+/t26-/m0/s1. The third-order valence-corrected chi connectivity index (χ3v) is 9.35. The van der Waals surface area contributed by atoms with E-state index < -0.39 is 27.6 Å². The first-order valence-electron chi connectivity index (χ1n) is 13.5. The van der Waals surface area contributed by atoms with Crippen LogP contribution in [0.15, 0.2) is 63.5 Å². The van der Waals surface area contributed by atoms with Crippen molar-refractivity contribution >= 4 is 38.8 Å². The molecule has 2 heterocycles. The molecule has 11 nitrogen and oxygen atoms in total. The Morgan fingerprint density at radius 1 is 1.09 bits per heavy atom. The molecule has 12 heteroatoms. The number of hydrogen-bond donors (Lipinski definition) is 4. The molecule has 0 fully saturated rings. The van der Waals surface area contributed by atoms with Crippen molar-refractivity contribution < 1.29 is 18.3 Å². The van der Waals surface area contributed by atoms with Crippen molar-refractivity contribution in [3.63, 3.8) is 0 Å². The van der Waals surface area contributed by atoms with Crippen LogP contribution in [0.3, 0.4) is 0 Å². The van der Waals surface area contributed by atoms with Crippen molar-refractivity contribution in [2.75, 3.05) is 6.54 Å². The van der Waals surface area contributed by atoms with E-state index in [2.05, 4.69) is 24.7 Å². The molecule has 0 aliphatic heterocycles. The number of H-pyrrole nitrogens is 1. The molecule has 4 aromatic rings. The van der Waals surface area contributed by atoms with Crippen molar-refractivity contribution in [1.29, 1.82) is 0 Å². The van der Waals surface area contributed by atoms with Crippen molar-refractivity contribution in [2.45, 2.75) is 52.0 Å². The number of aliphatic carboxylic acids is 1. The van der Waals surface area contributed by atoms with E-state index in [1.54, 1.807) is 62.7 Å². The number of nitrogens with zero attached hydrogens (tertiary/aromatic N) is 3. The lowest BCUT2D eigenvalue weighted by Gasteiger charge is -2.21.